The molecule has 0 unspecified atom stereocenters. The van der Waals surface area contributed by atoms with E-state index >= 15 is 0 Å². The quantitative estimate of drug-likeness (QED) is 0.155. The van der Waals surface area contributed by atoms with Crippen molar-refractivity contribution in [3.63, 3.8) is 0 Å². The molecular formula is C41H66O12. The van der Waals surface area contributed by atoms with Gasteiger partial charge in [-0.05, 0) is 111 Å². The number of carbonyl (C=O) groups is 1. The highest BCUT2D eigenvalue weighted by atomic mass is 16.8. The van der Waals surface area contributed by atoms with Gasteiger partial charge in [-0.2, -0.15) is 0 Å². The molecule has 5 aliphatic carbocycles. The Labute approximate surface area is 314 Å². The number of allylic oxidation sites excluding steroid dienone is 2. The number of ether oxygens (including phenoxy) is 4. The lowest BCUT2D eigenvalue weighted by Crippen LogP contribution is -2.67. The normalized spacial score (nSPS) is 55.1. The summed E-state index contributed by atoms with van der Waals surface area (Å²) in [5.41, 5.74) is -0.239. The number of hydrogen-bond donors (Lipinski definition) is 7. The van der Waals surface area contributed by atoms with Gasteiger partial charge < -0.3 is 54.7 Å². The Bertz CT molecular complexity index is 1440. The SMILES string of the molecule is C[C@@H]1O[C@@H](O[C@H]2[C@H](O[C@H]3CC[C@@]4(C)[C@H](CC[C@]5(C)[C@@H]4CC=C4[C@H]6CC(C)(C)CC[C@]6(C(=O)O)CC[C@]45C)[C@]3(C)CO)OC[C@H](O)[C@@H]2O)[C@H](O)[C@H](O)[C@H]1O. The van der Waals surface area contributed by atoms with Crippen molar-refractivity contribution in [2.24, 2.45) is 50.2 Å². The minimum Gasteiger partial charge on any atom is -0.481 e. The van der Waals surface area contributed by atoms with E-state index in [0.29, 0.717) is 18.8 Å². The van der Waals surface area contributed by atoms with Crippen LogP contribution in [0.15, 0.2) is 11.6 Å². The molecule has 2 aliphatic heterocycles. The van der Waals surface area contributed by atoms with Crippen molar-refractivity contribution in [1.29, 1.82) is 0 Å². The van der Waals surface area contributed by atoms with Gasteiger partial charge >= 0.3 is 5.97 Å². The van der Waals surface area contributed by atoms with E-state index in [1.54, 1.807) is 0 Å². The van der Waals surface area contributed by atoms with Crippen LogP contribution in [0.4, 0.5) is 0 Å². The van der Waals surface area contributed by atoms with Crippen LogP contribution >= 0.6 is 0 Å². The molecule has 12 nitrogen and oxygen atoms in total. The van der Waals surface area contributed by atoms with Gasteiger partial charge in [0.05, 0.1) is 30.8 Å². The van der Waals surface area contributed by atoms with E-state index in [4.69, 9.17) is 18.9 Å². The zero-order valence-electron chi connectivity index (χ0n) is 32.7. The summed E-state index contributed by atoms with van der Waals surface area (Å²) in [6.07, 6.45) is -1.79. The van der Waals surface area contributed by atoms with Gasteiger partial charge in [-0.1, -0.05) is 53.2 Å². The number of aliphatic hydroxyl groups is 6. The maximum Gasteiger partial charge on any atom is 0.310 e. The van der Waals surface area contributed by atoms with Crippen LogP contribution in [0, 0.1) is 50.2 Å². The van der Waals surface area contributed by atoms with E-state index in [-0.39, 0.29) is 46.7 Å². The largest absolute Gasteiger partial charge is 0.481 e. The summed E-state index contributed by atoms with van der Waals surface area (Å²) in [6, 6.07) is 0. The molecule has 18 atom stereocenters. The smallest absolute Gasteiger partial charge is 0.310 e. The summed E-state index contributed by atoms with van der Waals surface area (Å²) in [5, 5.41) is 74.9. The van der Waals surface area contributed by atoms with Gasteiger partial charge in [-0.25, -0.2) is 0 Å². The van der Waals surface area contributed by atoms with Gasteiger partial charge in [-0.15, -0.1) is 0 Å². The monoisotopic (exact) mass is 750 g/mol. The summed E-state index contributed by atoms with van der Waals surface area (Å²) in [5.74, 6) is -0.194. The van der Waals surface area contributed by atoms with Gasteiger partial charge in [0.2, 0.25) is 0 Å². The molecule has 0 spiro atoms. The summed E-state index contributed by atoms with van der Waals surface area (Å²) in [4.78, 5) is 13.0. The van der Waals surface area contributed by atoms with Crippen LogP contribution in [0.5, 0.6) is 0 Å². The molecule has 0 bridgehead atoms. The first-order valence-electron chi connectivity index (χ1n) is 20.2. The van der Waals surface area contributed by atoms with Crippen molar-refractivity contribution < 1.29 is 59.5 Å². The summed E-state index contributed by atoms with van der Waals surface area (Å²) in [6.45, 7) is 15.1. The molecule has 12 heteroatoms. The maximum absolute atomic E-state index is 13.0. The zero-order chi connectivity index (χ0) is 38.7. The fourth-order valence-corrected chi connectivity index (χ4v) is 13.3. The van der Waals surface area contributed by atoms with E-state index in [1.807, 2.05) is 0 Å². The first-order valence-corrected chi connectivity index (χ1v) is 20.2. The molecule has 302 valence electrons. The van der Waals surface area contributed by atoms with Crippen LogP contribution < -0.4 is 0 Å². The molecule has 53 heavy (non-hydrogen) atoms. The molecule has 4 saturated carbocycles. The first-order chi connectivity index (χ1) is 24.7. The lowest BCUT2D eigenvalue weighted by Gasteiger charge is -2.71. The summed E-state index contributed by atoms with van der Waals surface area (Å²) < 4.78 is 24.3. The standard InChI is InChI=1S/C41H66O12/c1-21-28(44)30(46)31(47)33(51-21)53-32-29(45)24(43)19-50-34(32)52-27-11-12-37(4)25(38(27,5)20-42)10-13-40(7)26(37)9-8-22-23-18-36(2,3)14-16-41(23,35(48)49)17-15-39(22,40)6/h8,21,23-34,42-47H,9-20H2,1-7H3,(H,48,49)/t21-,23+,24-,25-,26+,27-,28-,29-,30+,31+,32+,33-,34-,37-,38-,39+,40+,41-/m0/s1. The summed E-state index contributed by atoms with van der Waals surface area (Å²) in [7, 11) is 0. The number of rotatable bonds is 6. The molecule has 7 N–H and O–H groups in total. The number of carboxylic acids is 1. The van der Waals surface area contributed by atoms with Crippen LogP contribution in [-0.4, -0.2) is 116 Å². The minimum atomic E-state index is -1.62. The Balaban J connectivity index is 1.15. The molecule has 6 fully saturated rings. The van der Waals surface area contributed by atoms with Crippen LogP contribution in [0.2, 0.25) is 0 Å². The Morgan fingerprint density at radius 3 is 2.21 bits per heavy atom. The van der Waals surface area contributed by atoms with E-state index < -0.39 is 78.2 Å². The molecule has 0 amide bonds. The maximum atomic E-state index is 13.0. The second-order valence-electron chi connectivity index (χ2n) is 20.0. The lowest BCUT2D eigenvalue weighted by molar-refractivity contribution is -0.365. The van der Waals surface area contributed by atoms with Gasteiger partial charge in [0, 0.05) is 5.41 Å². The fraction of sp³-hybridized carbons (Fsp3) is 0.927. The Kier molecular flexibility index (Phi) is 10.2. The highest BCUT2D eigenvalue weighted by Crippen LogP contribution is 2.76. The van der Waals surface area contributed by atoms with Crippen LogP contribution in [0.3, 0.4) is 0 Å². The van der Waals surface area contributed by atoms with Crippen molar-refractivity contribution in [3.8, 4) is 0 Å². The van der Waals surface area contributed by atoms with E-state index in [9.17, 15) is 40.5 Å². The predicted molar refractivity (Wildman–Crippen MR) is 192 cm³/mol. The number of aliphatic carboxylic acids is 1. The van der Waals surface area contributed by atoms with Crippen molar-refractivity contribution in [2.75, 3.05) is 13.2 Å². The average Bonchev–Trinajstić information content (AvgIpc) is 3.10. The molecule has 0 aromatic heterocycles. The van der Waals surface area contributed by atoms with Crippen molar-refractivity contribution in [1.82, 2.24) is 0 Å². The zero-order valence-corrected chi connectivity index (χ0v) is 32.7. The van der Waals surface area contributed by atoms with Crippen LogP contribution in [0.1, 0.15) is 113 Å². The number of hydrogen-bond acceptors (Lipinski definition) is 11. The third-order valence-electron chi connectivity index (χ3n) is 17.0. The average molecular weight is 751 g/mol. The number of fused-ring (bicyclic) bond motifs is 7. The topological polar surface area (TPSA) is 196 Å². The van der Waals surface area contributed by atoms with Crippen LogP contribution in [-0.2, 0) is 23.7 Å². The minimum absolute atomic E-state index is 0.0360. The summed E-state index contributed by atoms with van der Waals surface area (Å²) >= 11 is 0. The van der Waals surface area contributed by atoms with Crippen LogP contribution in [0.25, 0.3) is 0 Å². The molecule has 0 radical (unpaired) electrons. The highest BCUT2D eigenvalue weighted by molar-refractivity contribution is 5.76. The van der Waals surface area contributed by atoms with E-state index in [2.05, 4.69) is 47.6 Å². The van der Waals surface area contributed by atoms with Gasteiger partial charge in [0.25, 0.3) is 0 Å². The predicted octanol–water partition coefficient (Wildman–Crippen LogP) is 3.52. The Morgan fingerprint density at radius 1 is 0.830 bits per heavy atom. The molecule has 2 heterocycles. The van der Waals surface area contributed by atoms with Crippen molar-refractivity contribution in [2.45, 2.75) is 174 Å². The highest BCUT2D eigenvalue weighted by Gasteiger charge is 2.70. The molecule has 2 saturated heterocycles. The van der Waals surface area contributed by atoms with E-state index in [0.717, 1.165) is 51.4 Å². The Morgan fingerprint density at radius 2 is 1.53 bits per heavy atom. The molecule has 0 aromatic carbocycles. The third kappa shape index (κ3) is 5.85. The van der Waals surface area contributed by atoms with Gasteiger partial charge in [0.15, 0.2) is 12.6 Å². The molecule has 7 aliphatic rings. The van der Waals surface area contributed by atoms with Gasteiger partial charge in [0.1, 0.15) is 36.6 Å². The second-order valence-corrected chi connectivity index (χ2v) is 20.0. The molecular weight excluding hydrogens is 684 g/mol. The first kappa shape index (κ1) is 40.0. The second kappa shape index (κ2) is 13.5. The van der Waals surface area contributed by atoms with Gasteiger partial charge in [-0.3, -0.25) is 4.79 Å². The molecule has 0 aromatic rings. The third-order valence-corrected chi connectivity index (χ3v) is 17.0. The van der Waals surface area contributed by atoms with Crippen molar-refractivity contribution in [3.05, 3.63) is 11.6 Å². The lowest BCUT2D eigenvalue weighted by atomic mass is 9.33. The van der Waals surface area contributed by atoms with E-state index in [1.165, 1.54) is 12.5 Å². The number of aliphatic hydroxyl groups excluding tert-OH is 6. The fourth-order valence-electron chi connectivity index (χ4n) is 13.3. The molecule has 7 rings (SSSR count). The van der Waals surface area contributed by atoms with Crippen molar-refractivity contribution >= 4 is 5.97 Å². The Hall–Kier alpha value is -1.19. The number of carboxylic acid groups (broad SMARTS) is 1.